The summed E-state index contributed by atoms with van der Waals surface area (Å²) < 4.78 is 11.6. The van der Waals surface area contributed by atoms with Gasteiger partial charge in [0.2, 0.25) is 0 Å². The number of amides is 1. The van der Waals surface area contributed by atoms with Crippen LogP contribution in [0.3, 0.4) is 0 Å². The van der Waals surface area contributed by atoms with E-state index in [9.17, 15) is 4.79 Å². The molecule has 1 aromatic heterocycles. The highest BCUT2D eigenvalue weighted by Crippen LogP contribution is 2.30. The predicted molar refractivity (Wildman–Crippen MR) is 136 cm³/mol. The van der Waals surface area contributed by atoms with Crippen molar-refractivity contribution in [1.29, 1.82) is 0 Å². The van der Waals surface area contributed by atoms with Crippen molar-refractivity contribution in [1.82, 2.24) is 15.4 Å². The standard InChI is InChI=1S/C24H24Cl2N4O3S/c1-4-32-22-10-17(5-8-21(22)33-13-18-6-7-19(25)11-20(18)26)12-27-30-23(31)14-34-24-28-15(2)9-16(3)29-24/h5-12H,4,13-14H2,1-3H3,(H,30,31)/b27-12-. The van der Waals surface area contributed by atoms with Gasteiger partial charge in [-0.15, -0.1) is 0 Å². The van der Waals surface area contributed by atoms with Crippen LogP contribution in [-0.2, 0) is 11.4 Å². The lowest BCUT2D eigenvalue weighted by Gasteiger charge is -2.13. The van der Waals surface area contributed by atoms with Crippen LogP contribution in [0.5, 0.6) is 11.5 Å². The van der Waals surface area contributed by atoms with Crippen molar-refractivity contribution in [3.05, 3.63) is 75.0 Å². The van der Waals surface area contributed by atoms with E-state index in [-0.39, 0.29) is 18.3 Å². The monoisotopic (exact) mass is 518 g/mol. The van der Waals surface area contributed by atoms with Crippen molar-refractivity contribution in [3.63, 3.8) is 0 Å². The Morgan fingerprint density at radius 3 is 2.53 bits per heavy atom. The maximum absolute atomic E-state index is 12.1. The van der Waals surface area contributed by atoms with Gasteiger partial charge in [-0.1, -0.05) is 41.0 Å². The minimum atomic E-state index is -0.256. The van der Waals surface area contributed by atoms with Crippen LogP contribution < -0.4 is 14.9 Å². The number of hydrogen-bond donors (Lipinski definition) is 1. The van der Waals surface area contributed by atoms with E-state index in [1.807, 2.05) is 39.0 Å². The lowest BCUT2D eigenvalue weighted by atomic mass is 10.2. The third-order valence-corrected chi connectivity index (χ3v) is 5.80. The first-order chi connectivity index (χ1) is 16.3. The third kappa shape index (κ3) is 7.90. The van der Waals surface area contributed by atoms with Crippen LogP contribution in [0.15, 0.2) is 52.7 Å². The second-order valence-electron chi connectivity index (χ2n) is 7.18. The highest BCUT2D eigenvalue weighted by molar-refractivity contribution is 7.99. The van der Waals surface area contributed by atoms with E-state index in [0.29, 0.717) is 33.3 Å². The van der Waals surface area contributed by atoms with Gasteiger partial charge in [0.25, 0.3) is 5.91 Å². The molecule has 7 nitrogen and oxygen atoms in total. The molecule has 0 bridgehead atoms. The zero-order valence-electron chi connectivity index (χ0n) is 19.0. The maximum atomic E-state index is 12.1. The second-order valence-corrected chi connectivity index (χ2v) is 8.96. The smallest absolute Gasteiger partial charge is 0.250 e. The summed E-state index contributed by atoms with van der Waals surface area (Å²) in [4.78, 5) is 20.7. The normalized spacial score (nSPS) is 11.0. The second kappa shape index (κ2) is 12.6. The van der Waals surface area contributed by atoms with Crippen LogP contribution in [0.2, 0.25) is 10.0 Å². The van der Waals surface area contributed by atoms with Crippen molar-refractivity contribution >= 4 is 47.1 Å². The molecule has 2 aromatic carbocycles. The summed E-state index contributed by atoms with van der Waals surface area (Å²) in [5.41, 5.74) is 5.79. The number of carbonyl (C=O) groups is 1. The fourth-order valence-corrected chi connectivity index (χ4v) is 4.09. The highest BCUT2D eigenvalue weighted by atomic mass is 35.5. The Morgan fingerprint density at radius 1 is 1.06 bits per heavy atom. The first-order valence-corrected chi connectivity index (χ1v) is 12.2. The van der Waals surface area contributed by atoms with E-state index in [2.05, 4.69) is 20.5 Å². The molecule has 0 aliphatic rings. The molecule has 0 saturated carbocycles. The number of nitrogens with zero attached hydrogens (tertiary/aromatic N) is 3. The van der Waals surface area contributed by atoms with Crippen molar-refractivity contribution < 1.29 is 14.3 Å². The molecule has 1 N–H and O–H groups in total. The van der Waals surface area contributed by atoms with E-state index >= 15 is 0 Å². The summed E-state index contributed by atoms with van der Waals surface area (Å²) in [5, 5.41) is 5.69. The Balaban J connectivity index is 1.57. The summed E-state index contributed by atoms with van der Waals surface area (Å²) in [6.07, 6.45) is 1.54. The highest BCUT2D eigenvalue weighted by Gasteiger charge is 2.09. The number of rotatable bonds is 10. The molecule has 3 aromatic rings. The molecule has 1 amide bonds. The topological polar surface area (TPSA) is 85.7 Å². The SMILES string of the molecule is CCOc1cc(/C=N\NC(=O)CSc2nc(C)cc(C)n2)ccc1OCc1ccc(Cl)cc1Cl. The summed E-state index contributed by atoms with van der Waals surface area (Å²) in [7, 11) is 0. The Kier molecular flexibility index (Phi) is 9.56. The van der Waals surface area contributed by atoms with Gasteiger partial charge in [0, 0.05) is 27.0 Å². The molecule has 0 saturated heterocycles. The van der Waals surface area contributed by atoms with E-state index in [4.69, 9.17) is 32.7 Å². The molecular formula is C24H24Cl2N4O3S. The summed E-state index contributed by atoms with van der Waals surface area (Å²) in [5.74, 6) is 1.03. The first kappa shape index (κ1) is 25.8. The van der Waals surface area contributed by atoms with Gasteiger partial charge in [-0.3, -0.25) is 4.79 Å². The van der Waals surface area contributed by atoms with E-state index in [1.54, 1.807) is 24.3 Å². The fourth-order valence-electron chi connectivity index (χ4n) is 2.89. The molecule has 0 fully saturated rings. The molecule has 0 spiro atoms. The number of thioether (sulfide) groups is 1. The van der Waals surface area contributed by atoms with Crippen LogP contribution in [0.1, 0.15) is 29.4 Å². The summed E-state index contributed by atoms with van der Waals surface area (Å²) in [6, 6.07) is 12.5. The Hall–Kier alpha value is -2.81. The van der Waals surface area contributed by atoms with Gasteiger partial charge >= 0.3 is 0 Å². The number of hydrogen-bond acceptors (Lipinski definition) is 7. The number of halogens is 2. The van der Waals surface area contributed by atoms with Gasteiger partial charge in [0.15, 0.2) is 16.7 Å². The number of aromatic nitrogens is 2. The zero-order valence-corrected chi connectivity index (χ0v) is 21.3. The average molecular weight is 519 g/mol. The van der Waals surface area contributed by atoms with Crippen molar-refractivity contribution in [2.24, 2.45) is 5.10 Å². The minimum absolute atomic E-state index is 0.157. The molecule has 178 valence electrons. The quantitative estimate of drug-likeness (QED) is 0.162. The van der Waals surface area contributed by atoms with Crippen LogP contribution in [0.4, 0.5) is 0 Å². The number of nitrogens with one attached hydrogen (secondary N) is 1. The van der Waals surface area contributed by atoms with Gasteiger partial charge in [0.1, 0.15) is 6.61 Å². The first-order valence-electron chi connectivity index (χ1n) is 10.4. The van der Waals surface area contributed by atoms with Gasteiger partial charge in [0.05, 0.1) is 18.6 Å². The van der Waals surface area contributed by atoms with Gasteiger partial charge < -0.3 is 9.47 Å². The van der Waals surface area contributed by atoms with Crippen molar-refractivity contribution in [2.75, 3.05) is 12.4 Å². The lowest BCUT2D eigenvalue weighted by molar-refractivity contribution is -0.118. The maximum Gasteiger partial charge on any atom is 0.250 e. The molecule has 3 rings (SSSR count). The van der Waals surface area contributed by atoms with Crippen LogP contribution in [0, 0.1) is 13.8 Å². The van der Waals surface area contributed by atoms with E-state index in [0.717, 1.165) is 22.5 Å². The number of hydrazone groups is 1. The van der Waals surface area contributed by atoms with Crippen LogP contribution >= 0.6 is 35.0 Å². The summed E-state index contributed by atoms with van der Waals surface area (Å²) >= 11 is 13.4. The van der Waals surface area contributed by atoms with Gasteiger partial charge in [-0.25, -0.2) is 15.4 Å². The van der Waals surface area contributed by atoms with Crippen LogP contribution in [0.25, 0.3) is 0 Å². The van der Waals surface area contributed by atoms with Crippen molar-refractivity contribution in [2.45, 2.75) is 32.5 Å². The molecule has 0 aliphatic carbocycles. The third-order valence-electron chi connectivity index (χ3n) is 4.36. The number of benzene rings is 2. The van der Waals surface area contributed by atoms with Gasteiger partial charge in [-0.05, 0) is 62.7 Å². The van der Waals surface area contributed by atoms with E-state index < -0.39 is 0 Å². The van der Waals surface area contributed by atoms with Crippen LogP contribution in [-0.4, -0.2) is 34.4 Å². The van der Waals surface area contributed by atoms with Crippen molar-refractivity contribution in [3.8, 4) is 11.5 Å². The molecule has 0 radical (unpaired) electrons. The predicted octanol–water partition coefficient (Wildman–Crippen LogP) is 5.62. The largest absolute Gasteiger partial charge is 0.490 e. The zero-order chi connectivity index (χ0) is 24.5. The molecule has 0 aliphatic heterocycles. The number of ether oxygens (including phenoxy) is 2. The Bertz CT molecular complexity index is 1170. The molecule has 34 heavy (non-hydrogen) atoms. The van der Waals surface area contributed by atoms with Gasteiger partial charge in [-0.2, -0.15) is 5.10 Å². The molecule has 0 unspecified atom stereocenters. The molecule has 0 atom stereocenters. The number of aryl methyl sites for hydroxylation is 2. The Morgan fingerprint density at radius 2 is 1.82 bits per heavy atom. The average Bonchev–Trinajstić information content (AvgIpc) is 2.78. The summed E-state index contributed by atoms with van der Waals surface area (Å²) in [6.45, 7) is 6.40. The Labute approximate surface area is 212 Å². The molecular weight excluding hydrogens is 495 g/mol. The number of carbonyl (C=O) groups excluding carboxylic acids is 1. The fraction of sp³-hybridized carbons (Fsp3) is 0.250. The lowest BCUT2D eigenvalue weighted by Crippen LogP contribution is -2.19. The van der Waals surface area contributed by atoms with E-state index in [1.165, 1.54) is 18.0 Å². The minimum Gasteiger partial charge on any atom is -0.490 e. The molecule has 1 heterocycles. The molecule has 10 heteroatoms.